The third-order valence-corrected chi connectivity index (χ3v) is 2.32. The highest BCUT2D eigenvalue weighted by atomic mass is 79.9. The lowest BCUT2D eigenvalue weighted by molar-refractivity contribution is -0.107. The summed E-state index contributed by atoms with van der Waals surface area (Å²) >= 11 is 3.39. The Labute approximate surface area is 68.9 Å². The Balaban J connectivity index is 2.64. The molecule has 10 heavy (non-hydrogen) atoms. The van der Waals surface area contributed by atoms with Crippen molar-refractivity contribution in [2.75, 3.05) is 0 Å². The lowest BCUT2D eigenvalue weighted by Crippen LogP contribution is -1.89. The molecule has 0 heterocycles. The maximum Gasteiger partial charge on any atom is 0.124 e. The summed E-state index contributed by atoms with van der Waals surface area (Å²) in [5.41, 5.74) is 1.13. The molecule has 0 aromatic carbocycles. The molecule has 0 saturated heterocycles. The van der Waals surface area contributed by atoms with Crippen LogP contribution in [-0.2, 0) is 4.79 Å². The smallest absolute Gasteiger partial charge is 0.124 e. The van der Waals surface area contributed by atoms with Gasteiger partial charge < -0.3 is 4.79 Å². The van der Waals surface area contributed by atoms with E-state index in [1.165, 1.54) is 0 Å². The topological polar surface area (TPSA) is 17.1 Å². The van der Waals surface area contributed by atoms with Crippen LogP contribution in [0.5, 0.6) is 0 Å². The zero-order valence-corrected chi connectivity index (χ0v) is 7.23. The third-order valence-electron chi connectivity index (χ3n) is 1.49. The minimum Gasteiger partial charge on any atom is -0.303 e. The number of carbonyl (C=O) groups is 1. The lowest BCUT2D eigenvalue weighted by Gasteiger charge is -2.06. The third kappa shape index (κ3) is 1.81. The number of rotatable bonds is 2. The fourth-order valence-electron chi connectivity index (χ4n) is 0.967. The van der Waals surface area contributed by atoms with Gasteiger partial charge in [0, 0.05) is 10.9 Å². The Bertz CT molecular complexity index is 191. The molecule has 0 aromatic heterocycles. The molecule has 0 radical (unpaired) electrons. The molecule has 54 valence electrons. The van der Waals surface area contributed by atoms with E-state index in [0.29, 0.717) is 6.42 Å². The van der Waals surface area contributed by atoms with Crippen molar-refractivity contribution < 1.29 is 4.79 Å². The van der Waals surface area contributed by atoms with Crippen LogP contribution in [0.3, 0.4) is 0 Å². The van der Waals surface area contributed by atoms with Crippen molar-refractivity contribution in [3.05, 3.63) is 22.2 Å². The van der Waals surface area contributed by atoms with E-state index in [1.807, 2.05) is 0 Å². The number of aldehydes is 1. The first-order chi connectivity index (χ1) is 4.84. The summed E-state index contributed by atoms with van der Waals surface area (Å²) in [4.78, 5) is 10.1. The highest BCUT2D eigenvalue weighted by Gasteiger charge is 2.03. The second-order valence-electron chi connectivity index (χ2n) is 2.23. The van der Waals surface area contributed by atoms with Crippen LogP contribution in [0.4, 0.5) is 0 Å². The van der Waals surface area contributed by atoms with Gasteiger partial charge in [-0.1, -0.05) is 28.1 Å². The lowest BCUT2D eigenvalue weighted by atomic mass is 10.1. The molecule has 0 fully saturated rings. The van der Waals surface area contributed by atoms with Gasteiger partial charge in [0.2, 0.25) is 0 Å². The van der Waals surface area contributed by atoms with Crippen LogP contribution in [0, 0.1) is 0 Å². The molecule has 0 unspecified atom stereocenters. The highest BCUT2D eigenvalue weighted by Crippen LogP contribution is 2.25. The predicted molar refractivity (Wildman–Crippen MR) is 45.0 cm³/mol. The van der Waals surface area contributed by atoms with Gasteiger partial charge in [-0.05, 0) is 18.4 Å². The van der Waals surface area contributed by atoms with Crippen LogP contribution >= 0.6 is 15.9 Å². The predicted octanol–water partition coefficient (Wildman–Crippen LogP) is 2.57. The quantitative estimate of drug-likeness (QED) is 0.627. The zero-order valence-electron chi connectivity index (χ0n) is 5.64. The van der Waals surface area contributed by atoms with Gasteiger partial charge in [0.05, 0.1) is 0 Å². The molecule has 1 rings (SSSR count). The van der Waals surface area contributed by atoms with Gasteiger partial charge in [0.15, 0.2) is 0 Å². The Hall–Kier alpha value is -0.370. The van der Waals surface area contributed by atoms with Crippen molar-refractivity contribution in [3.63, 3.8) is 0 Å². The van der Waals surface area contributed by atoms with E-state index >= 15 is 0 Å². The summed E-state index contributed by atoms with van der Waals surface area (Å²) in [6.07, 6.45) is 7.85. The largest absolute Gasteiger partial charge is 0.303 e. The molecular weight excluding hydrogens is 192 g/mol. The van der Waals surface area contributed by atoms with Crippen molar-refractivity contribution in [2.24, 2.45) is 0 Å². The van der Waals surface area contributed by atoms with Crippen LogP contribution in [0.25, 0.3) is 0 Å². The zero-order chi connectivity index (χ0) is 7.40. The van der Waals surface area contributed by atoms with Crippen molar-refractivity contribution >= 4 is 22.2 Å². The second-order valence-corrected chi connectivity index (χ2v) is 3.08. The van der Waals surface area contributed by atoms with Crippen LogP contribution in [0.2, 0.25) is 0 Å². The molecule has 0 bridgehead atoms. The average Bonchev–Trinajstić information content (AvgIpc) is 1.94. The fraction of sp³-hybridized carbons (Fsp3) is 0.375. The van der Waals surface area contributed by atoms with E-state index in [4.69, 9.17) is 0 Å². The van der Waals surface area contributed by atoms with E-state index in [1.54, 1.807) is 0 Å². The minimum absolute atomic E-state index is 0.539. The van der Waals surface area contributed by atoms with E-state index < -0.39 is 0 Å². The maximum absolute atomic E-state index is 10.1. The van der Waals surface area contributed by atoms with Crippen molar-refractivity contribution in [3.8, 4) is 0 Å². The summed E-state index contributed by atoms with van der Waals surface area (Å²) in [7, 11) is 0. The Morgan fingerprint density at radius 2 is 2.20 bits per heavy atom. The molecule has 1 nitrogen and oxygen atoms in total. The average molecular weight is 201 g/mol. The van der Waals surface area contributed by atoms with Crippen LogP contribution in [-0.4, -0.2) is 6.29 Å². The van der Waals surface area contributed by atoms with E-state index in [9.17, 15) is 4.79 Å². The number of allylic oxidation sites excluding steroid dienone is 4. The molecule has 0 aromatic rings. The molecule has 0 spiro atoms. The van der Waals surface area contributed by atoms with E-state index in [0.717, 1.165) is 29.2 Å². The molecule has 2 heteroatoms. The highest BCUT2D eigenvalue weighted by molar-refractivity contribution is 9.12. The van der Waals surface area contributed by atoms with Crippen LogP contribution in [0.15, 0.2) is 22.2 Å². The normalized spacial score (nSPS) is 17.7. The van der Waals surface area contributed by atoms with Crippen molar-refractivity contribution in [2.45, 2.75) is 19.3 Å². The number of hydrogen-bond acceptors (Lipinski definition) is 1. The molecule has 0 saturated carbocycles. The molecule has 0 N–H and O–H groups in total. The van der Waals surface area contributed by atoms with Crippen molar-refractivity contribution in [1.82, 2.24) is 0 Å². The summed E-state index contributed by atoms with van der Waals surface area (Å²) in [5, 5.41) is 0. The van der Waals surface area contributed by atoms with Gasteiger partial charge >= 0.3 is 0 Å². The second kappa shape index (κ2) is 3.71. The van der Waals surface area contributed by atoms with Gasteiger partial charge in [-0.3, -0.25) is 0 Å². The number of carbonyl (C=O) groups excluding carboxylic acids is 1. The monoisotopic (exact) mass is 200 g/mol. The van der Waals surface area contributed by atoms with Crippen LogP contribution < -0.4 is 0 Å². The standard InChI is InChI=1S/C8H9BrO/c9-8-4-2-1-3-7(8)5-6-10/h3-4,6H,1-2,5H2. The molecule has 0 aliphatic heterocycles. The van der Waals surface area contributed by atoms with Gasteiger partial charge in [-0.25, -0.2) is 0 Å². The van der Waals surface area contributed by atoms with E-state index in [2.05, 4.69) is 28.1 Å². The molecule has 0 atom stereocenters. The summed E-state index contributed by atoms with van der Waals surface area (Å²) in [6, 6.07) is 0. The molecule has 1 aliphatic carbocycles. The van der Waals surface area contributed by atoms with Gasteiger partial charge in [-0.2, -0.15) is 0 Å². The molecule has 1 aliphatic rings. The van der Waals surface area contributed by atoms with Gasteiger partial charge in [0.1, 0.15) is 6.29 Å². The SMILES string of the molecule is O=CCC1=CCCC=C1Br. The molecular formula is C8H9BrO. The number of halogens is 1. The minimum atomic E-state index is 0.539. The first-order valence-electron chi connectivity index (χ1n) is 3.33. The van der Waals surface area contributed by atoms with Gasteiger partial charge in [0.25, 0.3) is 0 Å². The fourth-order valence-corrected chi connectivity index (χ4v) is 1.52. The Morgan fingerprint density at radius 3 is 2.80 bits per heavy atom. The summed E-state index contributed by atoms with van der Waals surface area (Å²) < 4.78 is 1.09. The first-order valence-corrected chi connectivity index (χ1v) is 4.12. The van der Waals surface area contributed by atoms with Crippen LogP contribution in [0.1, 0.15) is 19.3 Å². The van der Waals surface area contributed by atoms with Crippen molar-refractivity contribution in [1.29, 1.82) is 0 Å². The maximum atomic E-state index is 10.1. The summed E-state index contributed by atoms with van der Waals surface area (Å²) in [5.74, 6) is 0. The Morgan fingerprint density at radius 1 is 1.50 bits per heavy atom. The van der Waals surface area contributed by atoms with E-state index in [-0.39, 0.29) is 0 Å². The molecule has 0 amide bonds. The Kier molecular flexibility index (Phi) is 2.87. The number of hydrogen-bond donors (Lipinski definition) is 0. The first kappa shape index (κ1) is 7.73. The van der Waals surface area contributed by atoms with Gasteiger partial charge in [-0.15, -0.1) is 0 Å². The summed E-state index contributed by atoms with van der Waals surface area (Å²) in [6.45, 7) is 0.